The average molecular weight is 411 g/mol. The van der Waals surface area contributed by atoms with Crippen molar-refractivity contribution in [2.45, 2.75) is 56.1 Å². The third-order valence-electron chi connectivity index (χ3n) is 7.09. The van der Waals surface area contributed by atoms with Gasteiger partial charge in [-0.15, -0.1) is 0 Å². The normalized spacial score (nSPS) is 41.9. The third kappa shape index (κ3) is 4.04. The molecule has 0 aromatic carbocycles. The molecule has 3 fully saturated rings. The maximum Gasteiger partial charge on any atom is 0.159 e. The van der Waals surface area contributed by atoms with E-state index in [0.29, 0.717) is 19.5 Å². The third-order valence-corrected chi connectivity index (χ3v) is 7.09. The number of likely N-dealkylation sites (tertiary alicyclic amines) is 3. The Balaban J connectivity index is 1.67. The number of nitrogens with zero attached hydrogens (tertiary/aromatic N) is 3. The fraction of sp³-hybridized carbons (Fsp3) is 0.850. The zero-order valence-corrected chi connectivity index (χ0v) is 17.7. The first-order chi connectivity index (χ1) is 13.5. The van der Waals surface area contributed by atoms with Crippen LogP contribution in [0.15, 0.2) is 0 Å². The van der Waals surface area contributed by atoms with Crippen LogP contribution in [0.5, 0.6) is 0 Å². The SMILES string of the molecule is CC(=O)[C@@H]1[C@@H](N)C(CC(=O)[C@@H]2[C@H](O)[C@@H](C(=O)[C@@H]3[C@@H](O)CCN3C)CN2C)CN1C. The predicted octanol–water partition coefficient (Wildman–Crippen LogP) is -2.28. The Morgan fingerprint density at radius 1 is 0.966 bits per heavy atom. The molecule has 0 aromatic rings. The molecule has 3 aliphatic rings. The summed E-state index contributed by atoms with van der Waals surface area (Å²) in [4.78, 5) is 43.3. The van der Waals surface area contributed by atoms with Crippen LogP contribution in [0.1, 0.15) is 19.8 Å². The van der Waals surface area contributed by atoms with E-state index in [4.69, 9.17) is 5.73 Å². The van der Waals surface area contributed by atoms with Crippen LogP contribution in [0.4, 0.5) is 0 Å². The van der Waals surface area contributed by atoms with Gasteiger partial charge in [0.2, 0.25) is 0 Å². The van der Waals surface area contributed by atoms with E-state index in [9.17, 15) is 24.6 Å². The number of ketones is 3. The fourth-order valence-corrected chi connectivity index (χ4v) is 5.58. The second-order valence-corrected chi connectivity index (χ2v) is 9.17. The number of carbonyl (C=O) groups is 3. The summed E-state index contributed by atoms with van der Waals surface area (Å²) in [6.45, 7) is 2.96. The molecule has 3 aliphatic heterocycles. The van der Waals surface area contributed by atoms with Crippen molar-refractivity contribution in [3.8, 4) is 0 Å². The lowest BCUT2D eigenvalue weighted by atomic mass is 9.86. The molecule has 0 aliphatic carbocycles. The van der Waals surface area contributed by atoms with Gasteiger partial charge in [0, 0.05) is 32.1 Å². The Labute approximate surface area is 171 Å². The van der Waals surface area contributed by atoms with E-state index in [-0.39, 0.29) is 36.2 Å². The molecule has 3 rings (SSSR count). The molecule has 0 amide bonds. The van der Waals surface area contributed by atoms with Crippen molar-refractivity contribution in [2.75, 3.05) is 40.8 Å². The molecule has 0 spiro atoms. The fourth-order valence-electron chi connectivity index (χ4n) is 5.58. The molecule has 3 saturated heterocycles. The number of carbonyl (C=O) groups excluding carboxylic acids is 3. The highest BCUT2D eigenvalue weighted by Crippen LogP contribution is 2.31. The van der Waals surface area contributed by atoms with Crippen LogP contribution in [-0.4, -0.2) is 119 Å². The Kier molecular flexibility index (Phi) is 6.57. The van der Waals surface area contributed by atoms with Crippen molar-refractivity contribution in [1.82, 2.24) is 14.7 Å². The average Bonchev–Trinajstić information content (AvgIpc) is 3.21. The Morgan fingerprint density at radius 2 is 1.59 bits per heavy atom. The topological polar surface area (TPSA) is 127 Å². The highest BCUT2D eigenvalue weighted by Gasteiger charge is 2.51. The lowest BCUT2D eigenvalue weighted by Crippen LogP contribution is -2.48. The number of likely N-dealkylation sites (N-methyl/N-ethyl adjacent to an activating group) is 3. The first kappa shape index (κ1) is 22.5. The maximum atomic E-state index is 13.0. The van der Waals surface area contributed by atoms with E-state index in [1.165, 1.54) is 6.92 Å². The molecule has 0 bridgehead atoms. The molecule has 29 heavy (non-hydrogen) atoms. The van der Waals surface area contributed by atoms with Crippen molar-refractivity contribution < 1.29 is 24.6 Å². The minimum atomic E-state index is -1.11. The maximum absolute atomic E-state index is 13.0. The molecule has 164 valence electrons. The van der Waals surface area contributed by atoms with E-state index in [0.717, 1.165) is 0 Å². The summed E-state index contributed by atoms with van der Waals surface area (Å²) in [5.74, 6) is -1.26. The lowest BCUT2D eigenvalue weighted by Gasteiger charge is -2.26. The first-order valence-electron chi connectivity index (χ1n) is 10.3. The predicted molar refractivity (Wildman–Crippen MR) is 106 cm³/mol. The standard InChI is InChI=1S/C20H34N4O5/c1-10(25)16-15(21)11(8-23(16)3)7-14(27)18-20(29)12(9-24(18)4)19(28)17-13(26)5-6-22(17)2/h11-13,15-18,20,26,29H,5-9,21H2,1-4H3/t11?,12-,13+,15+,16-,17+,18-,20-/m1/s1. The molecule has 0 aromatic heterocycles. The lowest BCUT2D eigenvalue weighted by molar-refractivity contribution is -0.132. The summed E-state index contributed by atoms with van der Waals surface area (Å²) in [5.41, 5.74) is 6.24. The van der Waals surface area contributed by atoms with Gasteiger partial charge in [-0.25, -0.2) is 0 Å². The molecule has 9 nitrogen and oxygen atoms in total. The van der Waals surface area contributed by atoms with Crippen LogP contribution >= 0.6 is 0 Å². The smallest absolute Gasteiger partial charge is 0.159 e. The molecule has 0 radical (unpaired) electrons. The summed E-state index contributed by atoms with van der Waals surface area (Å²) in [7, 11) is 5.34. The van der Waals surface area contributed by atoms with Gasteiger partial charge in [-0.05, 0) is 40.4 Å². The largest absolute Gasteiger partial charge is 0.391 e. The number of rotatable bonds is 6. The highest BCUT2D eigenvalue weighted by molar-refractivity contribution is 5.92. The number of nitrogens with two attached hydrogens (primary N) is 1. The van der Waals surface area contributed by atoms with Gasteiger partial charge < -0.3 is 15.9 Å². The van der Waals surface area contributed by atoms with Gasteiger partial charge >= 0.3 is 0 Å². The Morgan fingerprint density at radius 3 is 2.10 bits per heavy atom. The number of aliphatic hydroxyl groups excluding tert-OH is 2. The number of aliphatic hydroxyl groups is 2. The summed E-state index contributed by atoms with van der Waals surface area (Å²) in [6, 6.07) is -2.23. The van der Waals surface area contributed by atoms with Gasteiger partial charge in [0.1, 0.15) is 5.78 Å². The van der Waals surface area contributed by atoms with Crippen LogP contribution in [-0.2, 0) is 14.4 Å². The van der Waals surface area contributed by atoms with E-state index in [1.807, 2.05) is 16.8 Å². The molecule has 8 atom stereocenters. The minimum Gasteiger partial charge on any atom is -0.391 e. The van der Waals surface area contributed by atoms with Crippen LogP contribution < -0.4 is 5.73 Å². The van der Waals surface area contributed by atoms with Crippen molar-refractivity contribution >= 4 is 17.3 Å². The molecular formula is C20H34N4O5. The summed E-state index contributed by atoms with van der Waals surface area (Å²) in [5, 5.41) is 21.0. The molecule has 0 saturated carbocycles. The second-order valence-electron chi connectivity index (χ2n) is 9.17. The summed E-state index contributed by atoms with van der Waals surface area (Å²) < 4.78 is 0. The number of hydrogen-bond acceptors (Lipinski definition) is 9. The minimum absolute atomic E-state index is 0.0159. The van der Waals surface area contributed by atoms with E-state index < -0.39 is 42.3 Å². The molecule has 4 N–H and O–H groups in total. The van der Waals surface area contributed by atoms with E-state index in [1.54, 1.807) is 19.0 Å². The zero-order chi connectivity index (χ0) is 21.6. The molecule has 9 heteroatoms. The van der Waals surface area contributed by atoms with Crippen molar-refractivity contribution in [2.24, 2.45) is 17.6 Å². The van der Waals surface area contributed by atoms with Gasteiger partial charge in [-0.1, -0.05) is 0 Å². The Bertz CT molecular complexity index is 663. The van der Waals surface area contributed by atoms with Crippen LogP contribution in [0.25, 0.3) is 0 Å². The molecular weight excluding hydrogens is 376 g/mol. The highest BCUT2D eigenvalue weighted by atomic mass is 16.3. The molecule has 1 unspecified atom stereocenters. The Hall–Kier alpha value is -1.23. The number of Topliss-reactive ketones (excluding diaryl/α,β-unsaturated/α-hetero) is 3. The van der Waals surface area contributed by atoms with Gasteiger partial charge in [0.25, 0.3) is 0 Å². The first-order valence-corrected chi connectivity index (χ1v) is 10.3. The van der Waals surface area contributed by atoms with Gasteiger partial charge in [0.15, 0.2) is 11.6 Å². The second kappa shape index (κ2) is 8.49. The summed E-state index contributed by atoms with van der Waals surface area (Å²) >= 11 is 0. The van der Waals surface area contributed by atoms with Crippen LogP contribution in [0, 0.1) is 11.8 Å². The number of hydrogen-bond donors (Lipinski definition) is 3. The van der Waals surface area contributed by atoms with Gasteiger partial charge in [0.05, 0.1) is 36.3 Å². The van der Waals surface area contributed by atoms with Crippen LogP contribution in [0.2, 0.25) is 0 Å². The van der Waals surface area contributed by atoms with Crippen molar-refractivity contribution in [1.29, 1.82) is 0 Å². The monoisotopic (exact) mass is 410 g/mol. The molecule has 3 heterocycles. The van der Waals surface area contributed by atoms with Gasteiger partial charge in [-0.3, -0.25) is 29.1 Å². The zero-order valence-electron chi connectivity index (χ0n) is 17.7. The van der Waals surface area contributed by atoms with E-state index in [2.05, 4.69) is 0 Å². The quantitative estimate of drug-likeness (QED) is 0.444. The van der Waals surface area contributed by atoms with E-state index >= 15 is 0 Å². The van der Waals surface area contributed by atoms with Crippen LogP contribution in [0.3, 0.4) is 0 Å². The summed E-state index contributed by atoms with van der Waals surface area (Å²) in [6.07, 6.45) is -1.16. The van der Waals surface area contributed by atoms with Gasteiger partial charge in [-0.2, -0.15) is 0 Å². The van der Waals surface area contributed by atoms with Crippen molar-refractivity contribution in [3.63, 3.8) is 0 Å². The van der Waals surface area contributed by atoms with Crippen molar-refractivity contribution in [3.05, 3.63) is 0 Å².